The summed E-state index contributed by atoms with van der Waals surface area (Å²) in [5.41, 5.74) is 8.25. The second kappa shape index (κ2) is 10.9. The van der Waals surface area contributed by atoms with Gasteiger partial charge in [-0.3, -0.25) is 4.79 Å². The Morgan fingerprint density at radius 3 is 2.45 bits per heavy atom. The second-order valence-corrected chi connectivity index (χ2v) is 13.9. The normalized spacial score (nSPS) is 20.9. The molecule has 3 unspecified atom stereocenters. The Bertz CT molecular complexity index is 1520. The maximum atomic E-state index is 12.0. The maximum absolute atomic E-state index is 12.0. The molecule has 0 spiro atoms. The van der Waals surface area contributed by atoms with Crippen molar-refractivity contribution >= 4 is 15.8 Å². The lowest BCUT2D eigenvalue weighted by molar-refractivity contribution is -0.141. The van der Waals surface area contributed by atoms with Crippen LogP contribution in [0.1, 0.15) is 59.9 Å². The molecule has 40 heavy (non-hydrogen) atoms. The van der Waals surface area contributed by atoms with E-state index in [0.29, 0.717) is 32.0 Å². The highest BCUT2D eigenvalue weighted by Crippen LogP contribution is 2.68. The number of ether oxygens (including phenoxy) is 3. The lowest BCUT2D eigenvalue weighted by Gasteiger charge is -2.16. The summed E-state index contributed by atoms with van der Waals surface area (Å²) in [5, 5.41) is 0. The topological polar surface area (TPSA) is 78.9 Å². The Kier molecular flexibility index (Phi) is 7.71. The van der Waals surface area contributed by atoms with E-state index >= 15 is 0 Å². The molecule has 0 aromatic heterocycles. The van der Waals surface area contributed by atoms with Crippen molar-refractivity contribution in [3.8, 4) is 22.6 Å². The van der Waals surface area contributed by atoms with E-state index < -0.39 is 9.84 Å². The fraction of sp³-hybridized carbons (Fsp3) is 0.424. The van der Waals surface area contributed by atoms with E-state index in [-0.39, 0.29) is 23.1 Å². The van der Waals surface area contributed by atoms with E-state index in [1.807, 2.05) is 18.2 Å². The molecule has 0 bridgehead atoms. The lowest BCUT2D eigenvalue weighted by atomic mass is 9.92. The first-order valence-electron chi connectivity index (χ1n) is 13.8. The van der Waals surface area contributed by atoms with Gasteiger partial charge in [0.2, 0.25) is 0 Å². The minimum absolute atomic E-state index is 0.124. The zero-order valence-electron chi connectivity index (χ0n) is 24.0. The molecule has 0 amide bonds. The van der Waals surface area contributed by atoms with Gasteiger partial charge in [-0.25, -0.2) is 8.42 Å². The van der Waals surface area contributed by atoms with Crippen molar-refractivity contribution in [1.29, 1.82) is 0 Å². The van der Waals surface area contributed by atoms with Gasteiger partial charge in [-0.2, -0.15) is 0 Å². The highest BCUT2D eigenvalue weighted by atomic mass is 32.2. The van der Waals surface area contributed by atoms with Gasteiger partial charge >= 0.3 is 5.97 Å². The lowest BCUT2D eigenvalue weighted by Crippen LogP contribution is -2.09. The molecular formula is C33H38O6S. The summed E-state index contributed by atoms with van der Waals surface area (Å²) in [6.45, 7) is 7.25. The summed E-state index contributed by atoms with van der Waals surface area (Å²) < 4.78 is 39.7. The van der Waals surface area contributed by atoms with E-state index in [2.05, 4.69) is 57.2 Å². The molecule has 1 fully saturated rings. The smallest absolute Gasteiger partial charge is 0.306 e. The third kappa shape index (κ3) is 5.90. The molecule has 6 nitrogen and oxygen atoms in total. The van der Waals surface area contributed by atoms with Gasteiger partial charge in [-0.15, -0.1) is 0 Å². The molecule has 212 valence electrons. The summed E-state index contributed by atoms with van der Waals surface area (Å²) in [6.07, 6.45) is 3.26. The molecule has 3 aromatic rings. The molecule has 2 aliphatic carbocycles. The van der Waals surface area contributed by atoms with Crippen LogP contribution in [0.15, 0.2) is 54.6 Å². The van der Waals surface area contributed by atoms with Crippen molar-refractivity contribution in [2.45, 2.75) is 58.0 Å². The predicted octanol–water partition coefficient (Wildman–Crippen LogP) is 6.30. The van der Waals surface area contributed by atoms with Crippen molar-refractivity contribution in [1.82, 2.24) is 0 Å². The minimum Gasteiger partial charge on any atom is -0.494 e. The highest BCUT2D eigenvalue weighted by molar-refractivity contribution is 7.90. The largest absolute Gasteiger partial charge is 0.494 e. The third-order valence-electron chi connectivity index (χ3n) is 8.50. The van der Waals surface area contributed by atoms with Gasteiger partial charge in [0.1, 0.15) is 27.9 Å². The third-order valence-corrected chi connectivity index (χ3v) is 9.53. The van der Waals surface area contributed by atoms with Crippen molar-refractivity contribution in [2.75, 3.05) is 25.7 Å². The number of benzene rings is 3. The fourth-order valence-corrected chi connectivity index (χ4v) is 7.07. The maximum Gasteiger partial charge on any atom is 0.306 e. The van der Waals surface area contributed by atoms with Crippen LogP contribution in [-0.4, -0.2) is 40.1 Å². The van der Waals surface area contributed by atoms with Gasteiger partial charge in [0.25, 0.3) is 0 Å². The first kappa shape index (κ1) is 28.2. The molecule has 0 heterocycles. The van der Waals surface area contributed by atoms with Gasteiger partial charge in [0.05, 0.1) is 25.9 Å². The van der Waals surface area contributed by atoms with Gasteiger partial charge in [-0.1, -0.05) is 31.2 Å². The Morgan fingerprint density at radius 2 is 1.75 bits per heavy atom. The van der Waals surface area contributed by atoms with Gasteiger partial charge < -0.3 is 14.2 Å². The van der Waals surface area contributed by atoms with Crippen LogP contribution in [-0.2, 0) is 31.4 Å². The minimum atomic E-state index is -2.98. The molecule has 3 atom stereocenters. The van der Waals surface area contributed by atoms with Gasteiger partial charge in [0.15, 0.2) is 0 Å². The predicted molar refractivity (Wildman–Crippen MR) is 157 cm³/mol. The van der Waals surface area contributed by atoms with Crippen LogP contribution in [0.25, 0.3) is 11.1 Å². The molecule has 1 saturated carbocycles. The average molecular weight is 563 g/mol. The Hall–Kier alpha value is -3.32. The van der Waals surface area contributed by atoms with E-state index in [4.69, 9.17) is 14.2 Å². The summed E-state index contributed by atoms with van der Waals surface area (Å²) in [5.74, 6) is 2.31. The molecule has 5 rings (SSSR count). The Labute approximate surface area is 237 Å². The Balaban J connectivity index is 1.26. The summed E-state index contributed by atoms with van der Waals surface area (Å²) in [7, 11) is -1.53. The number of hydrogen-bond donors (Lipinski definition) is 0. The van der Waals surface area contributed by atoms with Crippen LogP contribution in [0.5, 0.6) is 11.5 Å². The average Bonchev–Trinajstić information content (AvgIpc) is 3.54. The van der Waals surface area contributed by atoms with Crippen LogP contribution < -0.4 is 9.47 Å². The number of fused-ring (bicyclic) bond motifs is 3. The summed E-state index contributed by atoms with van der Waals surface area (Å²) in [6, 6.07) is 18.7. The fourth-order valence-electron chi connectivity index (χ4n) is 6.43. The van der Waals surface area contributed by atoms with Crippen LogP contribution in [0.2, 0.25) is 0 Å². The molecule has 2 aliphatic rings. The first-order valence-corrected chi connectivity index (χ1v) is 15.9. The Morgan fingerprint density at radius 1 is 1.00 bits per heavy atom. The van der Waals surface area contributed by atoms with Crippen molar-refractivity contribution < 1.29 is 27.4 Å². The number of carbonyl (C=O) groups excluding carboxylic acids is 1. The van der Waals surface area contributed by atoms with Crippen LogP contribution >= 0.6 is 0 Å². The standard InChI is InChI=1S/C33H38O6S/c1-21-14-26(38-12-7-13-40(5,35)36)15-22(2)32(21)24-9-6-8-23(16-24)20-39-25-10-11-27-28(18-31(34)37-4)30-19-33(30,3)29(27)17-25/h6,8-11,14-17,28,30H,7,12-13,18-20H2,1-5H3. The van der Waals surface area contributed by atoms with E-state index in [1.54, 1.807) is 0 Å². The van der Waals surface area contributed by atoms with E-state index in [1.165, 1.54) is 24.5 Å². The monoisotopic (exact) mass is 562 g/mol. The van der Waals surface area contributed by atoms with Crippen LogP contribution in [0.3, 0.4) is 0 Å². The molecule has 7 heteroatoms. The van der Waals surface area contributed by atoms with Crippen LogP contribution in [0.4, 0.5) is 0 Å². The number of rotatable bonds is 11. The summed E-state index contributed by atoms with van der Waals surface area (Å²) >= 11 is 0. The number of hydrogen-bond acceptors (Lipinski definition) is 6. The zero-order valence-corrected chi connectivity index (χ0v) is 24.8. The van der Waals surface area contributed by atoms with E-state index in [0.717, 1.165) is 45.7 Å². The SMILES string of the molecule is COC(=O)CC1c2ccc(OCc3cccc(-c4c(C)cc(OCCCS(C)(=O)=O)cc4C)c3)cc2C2(C)CC12. The molecular weight excluding hydrogens is 524 g/mol. The second-order valence-electron chi connectivity index (χ2n) is 11.6. The number of esters is 1. The molecule has 0 N–H and O–H groups in total. The van der Waals surface area contributed by atoms with Gasteiger partial charge in [-0.05, 0) is 113 Å². The van der Waals surface area contributed by atoms with E-state index in [9.17, 15) is 13.2 Å². The number of carbonyl (C=O) groups is 1. The molecule has 0 radical (unpaired) electrons. The quantitative estimate of drug-likeness (QED) is 0.202. The van der Waals surface area contributed by atoms with Crippen LogP contribution in [0, 0.1) is 19.8 Å². The van der Waals surface area contributed by atoms with Crippen molar-refractivity contribution in [3.05, 3.63) is 82.4 Å². The molecule has 3 aromatic carbocycles. The zero-order chi connectivity index (χ0) is 28.7. The van der Waals surface area contributed by atoms with Crippen molar-refractivity contribution in [3.63, 3.8) is 0 Å². The van der Waals surface area contributed by atoms with Crippen molar-refractivity contribution in [2.24, 2.45) is 5.92 Å². The molecule has 0 saturated heterocycles. The number of methoxy groups -OCH3 is 1. The highest BCUT2D eigenvalue weighted by Gasteiger charge is 2.61. The molecule has 0 aliphatic heterocycles. The first-order chi connectivity index (χ1) is 19.0. The van der Waals surface area contributed by atoms with Gasteiger partial charge in [0, 0.05) is 6.26 Å². The summed E-state index contributed by atoms with van der Waals surface area (Å²) in [4.78, 5) is 12.0. The number of aryl methyl sites for hydroxylation is 2. The number of sulfone groups is 1.